The molecule has 0 bridgehead atoms. The smallest absolute Gasteiger partial charge is 0.150 e. The molecule has 0 radical (unpaired) electrons. The zero-order valence-electron chi connectivity index (χ0n) is 11.7. The van der Waals surface area contributed by atoms with Crippen molar-refractivity contribution in [3.63, 3.8) is 0 Å². The lowest BCUT2D eigenvalue weighted by atomic mass is 10.3. The lowest BCUT2D eigenvalue weighted by molar-refractivity contribution is 0.589. The lowest BCUT2D eigenvalue weighted by Crippen LogP contribution is -2.07. The molecule has 2 rings (SSSR count). The van der Waals surface area contributed by atoms with Crippen molar-refractivity contribution in [1.29, 1.82) is 0 Å². The summed E-state index contributed by atoms with van der Waals surface area (Å²) in [5, 5.41) is 5.74. The van der Waals surface area contributed by atoms with Gasteiger partial charge in [0, 0.05) is 23.5 Å². The van der Waals surface area contributed by atoms with Gasteiger partial charge >= 0.3 is 0 Å². The third kappa shape index (κ3) is 3.87. The number of hydrogen-bond acceptors (Lipinski definition) is 4. The Morgan fingerprint density at radius 1 is 1.05 bits per heavy atom. The zero-order chi connectivity index (χ0) is 15.4. The van der Waals surface area contributed by atoms with Crippen molar-refractivity contribution in [3.8, 4) is 0 Å². The summed E-state index contributed by atoms with van der Waals surface area (Å²) >= 11 is 3.04. The van der Waals surface area contributed by atoms with E-state index in [-0.39, 0.29) is 5.69 Å². The van der Waals surface area contributed by atoms with Gasteiger partial charge in [-0.05, 0) is 19.1 Å². The molecule has 0 amide bonds. The number of aromatic nitrogens is 2. The van der Waals surface area contributed by atoms with E-state index in [1.165, 1.54) is 12.1 Å². The Kier molecular flexibility index (Phi) is 5.06. The van der Waals surface area contributed by atoms with E-state index in [9.17, 15) is 8.78 Å². The van der Waals surface area contributed by atoms with Crippen LogP contribution in [0.4, 0.5) is 26.1 Å². The molecule has 4 nitrogen and oxygen atoms in total. The van der Waals surface area contributed by atoms with Crippen LogP contribution in [-0.4, -0.2) is 16.5 Å². The largest absolute Gasteiger partial charge is 0.370 e. The molecule has 2 N–H and O–H groups in total. The molecule has 1 heterocycles. The van der Waals surface area contributed by atoms with Gasteiger partial charge in [-0.1, -0.05) is 22.9 Å². The first-order valence-corrected chi connectivity index (χ1v) is 7.36. The minimum absolute atomic E-state index is 0.235. The fourth-order valence-electron chi connectivity index (χ4n) is 1.78. The Morgan fingerprint density at radius 3 is 2.24 bits per heavy atom. The van der Waals surface area contributed by atoms with E-state index < -0.39 is 11.6 Å². The maximum atomic E-state index is 13.8. The first-order valence-electron chi connectivity index (χ1n) is 6.56. The lowest BCUT2D eigenvalue weighted by Gasteiger charge is -2.11. The van der Waals surface area contributed by atoms with Crippen molar-refractivity contribution in [3.05, 3.63) is 40.1 Å². The SMILES string of the molecule is CCNc1cc(Nc2c(F)cc(Br)cc2F)nc(CC)n1. The Balaban J connectivity index is 2.37. The van der Waals surface area contributed by atoms with E-state index in [0.29, 0.717) is 34.9 Å². The summed E-state index contributed by atoms with van der Waals surface area (Å²) in [7, 11) is 0. The molecule has 21 heavy (non-hydrogen) atoms. The van der Waals surface area contributed by atoms with Crippen molar-refractivity contribution in [1.82, 2.24) is 9.97 Å². The van der Waals surface area contributed by atoms with Crippen molar-refractivity contribution < 1.29 is 8.78 Å². The molecule has 0 aliphatic heterocycles. The Labute approximate surface area is 130 Å². The highest BCUT2D eigenvalue weighted by atomic mass is 79.9. The number of hydrogen-bond donors (Lipinski definition) is 2. The second kappa shape index (κ2) is 6.80. The molecule has 2 aromatic rings. The van der Waals surface area contributed by atoms with E-state index in [1.807, 2.05) is 13.8 Å². The molecule has 7 heteroatoms. The predicted molar refractivity (Wildman–Crippen MR) is 82.9 cm³/mol. The van der Waals surface area contributed by atoms with Gasteiger partial charge in [0.15, 0.2) is 11.6 Å². The fourth-order valence-corrected chi connectivity index (χ4v) is 2.18. The molecule has 0 aliphatic rings. The van der Waals surface area contributed by atoms with Crippen LogP contribution in [0.25, 0.3) is 0 Å². The molecule has 0 saturated carbocycles. The molecule has 112 valence electrons. The summed E-state index contributed by atoms with van der Waals surface area (Å²) in [6, 6.07) is 4.00. The Morgan fingerprint density at radius 2 is 1.67 bits per heavy atom. The molecular weight excluding hydrogens is 342 g/mol. The minimum atomic E-state index is -0.691. The standard InChI is InChI=1S/C14H15BrF2N4/c1-3-11-19-12(18-4-2)7-13(20-11)21-14-9(16)5-8(15)6-10(14)17/h5-7H,3-4H2,1-2H3,(H2,18,19,20,21). The first kappa shape index (κ1) is 15.6. The van der Waals surface area contributed by atoms with Crippen molar-refractivity contribution in [2.24, 2.45) is 0 Å². The summed E-state index contributed by atoms with van der Waals surface area (Å²) in [5.74, 6) is 0.170. The van der Waals surface area contributed by atoms with Crippen LogP contribution in [-0.2, 0) is 6.42 Å². The van der Waals surface area contributed by atoms with Crippen molar-refractivity contribution in [2.45, 2.75) is 20.3 Å². The average molecular weight is 357 g/mol. The number of anilines is 3. The predicted octanol–water partition coefficient (Wildman–Crippen LogP) is 4.26. The molecule has 0 saturated heterocycles. The molecule has 0 fully saturated rings. The molecule has 0 spiro atoms. The van der Waals surface area contributed by atoms with Crippen LogP contribution in [0, 0.1) is 11.6 Å². The number of nitrogens with zero attached hydrogens (tertiary/aromatic N) is 2. The van der Waals surface area contributed by atoms with Crippen LogP contribution < -0.4 is 10.6 Å². The maximum absolute atomic E-state index is 13.8. The van der Waals surface area contributed by atoms with Gasteiger partial charge in [-0.2, -0.15) is 0 Å². The van der Waals surface area contributed by atoms with Gasteiger partial charge in [-0.3, -0.25) is 0 Å². The highest BCUT2D eigenvalue weighted by molar-refractivity contribution is 9.10. The summed E-state index contributed by atoms with van der Waals surface area (Å²) < 4.78 is 28.0. The first-order chi connectivity index (χ1) is 10.0. The minimum Gasteiger partial charge on any atom is -0.370 e. The third-order valence-electron chi connectivity index (χ3n) is 2.71. The third-order valence-corrected chi connectivity index (χ3v) is 3.16. The molecule has 1 aromatic heterocycles. The summed E-state index contributed by atoms with van der Waals surface area (Å²) in [4.78, 5) is 8.51. The van der Waals surface area contributed by atoms with E-state index in [0.717, 1.165) is 0 Å². The monoisotopic (exact) mass is 356 g/mol. The van der Waals surface area contributed by atoms with Gasteiger partial charge in [-0.15, -0.1) is 0 Å². The highest BCUT2D eigenvalue weighted by Crippen LogP contribution is 2.27. The van der Waals surface area contributed by atoms with Crippen molar-refractivity contribution in [2.75, 3.05) is 17.2 Å². The summed E-state index contributed by atoms with van der Waals surface area (Å²) in [6.07, 6.45) is 0.624. The average Bonchev–Trinajstić information content (AvgIpc) is 2.43. The van der Waals surface area contributed by atoms with Gasteiger partial charge in [0.2, 0.25) is 0 Å². The van der Waals surface area contributed by atoms with E-state index >= 15 is 0 Å². The highest BCUT2D eigenvalue weighted by Gasteiger charge is 2.12. The topological polar surface area (TPSA) is 49.8 Å². The zero-order valence-corrected chi connectivity index (χ0v) is 13.3. The van der Waals surface area contributed by atoms with Gasteiger partial charge < -0.3 is 10.6 Å². The number of halogens is 3. The van der Waals surface area contributed by atoms with E-state index in [2.05, 4.69) is 36.5 Å². The van der Waals surface area contributed by atoms with Crippen LogP contribution in [0.3, 0.4) is 0 Å². The number of rotatable bonds is 5. The summed E-state index contributed by atoms with van der Waals surface area (Å²) in [6.45, 7) is 4.55. The molecule has 0 atom stereocenters. The van der Waals surface area contributed by atoms with E-state index in [1.54, 1.807) is 6.07 Å². The molecule has 0 unspecified atom stereocenters. The second-order valence-corrected chi connectivity index (χ2v) is 5.22. The van der Waals surface area contributed by atoms with E-state index in [4.69, 9.17) is 0 Å². The fraction of sp³-hybridized carbons (Fsp3) is 0.286. The van der Waals surface area contributed by atoms with Crippen molar-refractivity contribution >= 4 is 33.3 Å². The molecule has 0 aliphatic carbocycles. The van der Waals surface area contributed by atoms with Gasteiger partial charge in [0.05, 0.1) is 0 Å². The van der Waals surface area contributed by atoms with Crippen LogP contribution in [0.15, 0.2) is 22.7 Å². The second-order valence-electron chi connectivity index (χ2n) is 4.31. The van der Waals surface area contributed by atoms with Crippen LogP contribution >= 0.6 is 15.9 Å². The van der Waals surface area contributed by atoms with Crippen LogP contribution in [0.5, 0.6) is 0 Å². The Bertz CT molecular complexity index is 626. The Hall–Kier alpha value is -1.76. The number of nitrogens with one attached hydrogen (secondary N) is 2. The van der Waals surface area contributed by atoms with Gasteiger partial charge in [0.1, 0.15) is 23.1 Å². The van der Waals surface area contributed by atoms with Gasteiger partial charge in [0.25, 0.3) is 0 Å². The molecule has 1 aromatic carbocycles. The van der Waals surface area contributed by atoms with Crippen LogP contribution in [0.1, 0.15) is 19.7 Å². The maximum Gasteiger partial charge on any atom is 0.150 e. The van der Waals surface area contributed by atoms with Crippen LogP contribution in [0.2, 0.25) is 0 Å². The molecular formula is C14H15BrF2N4. The normalized spacial score (nSPS) is 10.5. The number of benzene rings is 1. The number of aryl methyl sites for hydroxylation is 1. The quantitative estimate of drug-likeness (QED) is 0.840. The summed E-state index contributed by atoms with van der Waals surface area (Å²) in [5.41, 5.74) is -0.235. The van der Waals surface area contributed by atoms with Gasteiger partial charge in [-0.25, -0.2) is 18.7 Å².